The summed E-state index contributed by atoms with van der Waals surface area (Å²) in [4.78, 5) is 43.0. The molecule has 3 N–H and O–H groups in total. The van der Waals surface area contributed by atoms with Crippen LogP contribution in [0.25, 0.3) is 11.0 Å². The van der Waals surface area contributed by atoms with Crippen molar-refractivity contribution in [2.45, 2.75) is 57.2 Å². The highest BCUT2D eigenvalue weighted by Crippen LogP contribution is 2.28. The highest BCUT2D eigenvalue weighted by atomic mass is 16.2. The van der Waals surface area contributed by atoms with Crippen molar-refractivity contribution in [3.05, 3.63) is 59.2 Å². The third-order valence-corrected chi connectivity index (χ3v) is 8.17. The molecule has 3 unspecified atom stereocenters. The van der Waals surface area contributed by atoms with Gasteiger partial charge in [-0.05, 0) is 73.4 Å². The lowest BCUT2D eigenvalue weighted by Crippen LogP contribution is -2.51. The predicted molar refractivity (Wildman–Crippen MR) is 152 cm³/mol. The zero-order chi connectivity index (χ0) is 28.9. The molecule has 3 amide bonds. The lowest BCUT2D eigenvalue weighted by molar-refractivity contribution is -0.140. The number of hydrogen-bond acceptors (Lipinski definition) is 7. The molecular formula is C30H36N8O3. The third kappa shape index (κ3) is 6.55. The van der Waals surface area contributed by atoms with Crippen molar-refractivity contribution < 1.29 is 14.4 Å². The van der Waals surface area contributed by atoms with Gasteiger partial charge >= 0.3 is 0 Å². The average Bonchev–Trinajstić information content (AvgIpc) is 3.75. The van der Waals surface area contributed by atoms with Gasteiger partial charge in [-0.2, -0.15) is 5.26 Å². The number of carbonyl (C=O) groups is 3. The molecule has 2 fully saturated rings. The Labute approximate surface area is 239 Å². The Bertz CT molecular complexity index is 1450. The molecule has 1 aromatic heterocycles. The van der Waals surface area contributed by atoms with Crippen LogP contribution >= 0.6 is 0 Å². The summed E-state index contributed by atoms with van der Waals surface area (Å²) < 4.78 is 1.69. The molecule has 11 heteroatoms. The van der Waals surface area contributed by atoms with Gasteiger partial charge in [0.1, 0.15) is 11.6 Å². The first kappa shape index (κ1) is 28.2. The maximum absolute atomic E-state index is 13.5. The van der Waals surface area contributed by atoms with E-state index < -0.39 is 12.1 Å². The molecule has 5 rings (SSSR count). The van der Waals surface area contributed by atoms with Crippen LogP contribution in [0.2, 0.25) is 0 Å². The number of aromatic nitrogens is 3. The first-order valence-corrected chi connectivity index (χ1v) is 14.2. The van der Waals surface area contributed by atoms with Crippen molar-refractivity contribution in [3.8, 4) is 6.07 Å². The maximum atomic E-state index is 13.5. The van der Waals surface area contributed by atoms with E-state index in [0.717, 1.165) is 48.1 Å². The lowest BCUT2D eigenvalue weighted by atomic mass is 9.96. The van der Waals surface area contributed by atoms with Crippen molar-refractivity contribution >= 4 is 28.8 Å². The number of nitriles is 1. The van der Waals surface area contributed by atoms with Gasteiger partial charge in [0.15, 0.2) is 0 Å². The van der Waals surface area contributed by atoms with Crippen molar-refractivity contribution in [1.82, 2.24) is 30.1 Å². The number of nitrogens with two attached hydrogens (primary N) is 1. The van der Waals surface area contributed by atoms with Crippen LogP contribution in [-0.2, 0) is 34.4 Å². The van der Waals surface area contributed by atoms with Crippen LogP contribution < -0.4 is 11.1 Å². The summed E-state index contributed by atoms with van der Waals surface area (Å²) in [6.07, 6.45) is 3.66. The molecule has 214 valence electrons. The molecule has 2 aliphatic heterocycles. The van der Waals surface area contributed by atoms with Gasteiger partial charge in [0.2, 0.25) is 17.7 Å². The van der Waals surface area contributed by atoms with Crippen LogP contribution in [-0.4, -0.2) is 74.2 Å². The van der Waals surface area contributed by atoms with Gasteiger partial charge in [0, 0.05) is 39.6 Å². The highest BCUT2D eigenvalue weighted by molar-refractivity contribution is 5.91. The van der Waals surface area contributed by atoms with Crippen molar-refractivity contribution in [2.75, 3.05) is 19.6 Å². The van der Waals surface area contributed by atoms with Gasteiger partial charge in [-0.15, -0.1) is 5.10 Å². The molecule has 3 heterocycles. The van der Waals surface area contributed by atoms with Crippen molar-refractivity contribution in [3.63, 3.8) is 0 Å². The standard InChI is InChI=1S/C30H36N8O3/c1-36-26-10-8-22(15-25(26)34-35-36)18-33-29(40)27-16-23(14-20-4-6-21(17-31)7-5-20)19-38(27)30(41)24(32)9-11-28(39)37-12-2-3-13-37/h4-8,10,15,23-24,27H,2-3,9,11-14,16,18-19,32H2,1H3,(H,33,40). The second-order valence-electron chi connectivity index (χ2n) is 11.1. The fourth-order valence-electron chi connectivity index (χ4n) is 5.85. The number of aryl methyl sites for hydroxylation is 1. The van der Waals surface area contributed by atoms with Crippen molar-refractivity contribution in [1.29, 1.82) is 5.26 Å². The highest BCUT2D eigenvalue weighted by Gasteiger charge is 2.41. The SMILES string of the molecule is Cn1nnc2cc(CNC(=O)C3CC(Cc4ccc(C#N)cc4)CN3C(=O)C(N)CCC(=O)N3CCCC3)ccc21. The maximum Gasteiger partial charge on any atom is 0.243 e. The number of amides is 3. The number of carbonyl (C=O) groups excluding carboxylic acids is 3. The molecule has 2 aliphatic rings. The van der Waals surface area contributed by atoms with Crippen LogP contribution in [0, 0.1) is 17.2 Å². The van der Waals surface area contributed by atoms with E-state index in [4.69, 9.17) is 11.0 Å². The molecule has 3 aromatic rings. The molecule has 0 bridgehead atoms. The fourth-order valence-corrected chi connectivity index (χ4v) is 5.85. The van der Waals surface area contributed by atoms with Gasteiger partial charge in [0.05, 0.1) is 23.2 Å². The van der Waals surface area contributed by atoms with Crippen LogP contribution in [0.4, 0.5) is 0 Å². The summed E-state index contributed by atoms with van der Waals surface area (Å²) in [5, 5.41) is 20.3. The predicted octanol–water partition coefficient (Wildman–Crippen LogP) is 1.65. The molecule has 0 radical (unpaired) electrons. The van der Waals surface area contributed by atoms with Crippen LogP contribution in [0.1, 0.15) is 48.8 Å². The van der Waals surface area contributed by atoms with E-state index in [-0.39, 0.29) is 36.5 Å². The topological polar surface area (TPSA) is 150 Å². The second-order valence-corrected chi connectivity index (χ2v) is 11.1. The molecule has 2 saturated heterocycles. The Morgan fingerprint density at radius 2 is 1.85 bits per heavy atom. The second kappa shape index (κ2) is 12.5. The van der Waals surface area contributed by atoms with E-state index in [0.29, 0.717) is 31.5 Å². The van der Waals surface area contributed by atoms with Gasteiger partial charge in [-0.1, -0.05) is 23.4 Å². The lowest BCUT2D eigenvalue weighted by Gasteiger charge is -2.27. The minimum atomic E-state index is -0.857. The smallest absolute Gasteiger partial charge is 0.243 e. The molecule has 3 atom stereocenters. The number of nitrogens with one attached hydrogen (secondary N) is 1. The first-order chi connectivity index (χ1) is 19.8. The zero-order valence-corrected chi connectivity index (χ0v) is 23.3. The van der Waals surface area contributed by atoms with E-state index in [1.54, 1.807) is 21.7 Å². The Morgan fingerprint density at radius 3 is 2.59 bits per heavy atom. The fraction of sp³-hybridized carbons (Fsp3) is 0.467. The normalized spacial score (nSPS) is 19.3. The first-order valence-electron chi connectivity index (χ1n) is 14.2. The molecular weight excluding hydrogens is 520 g/mol. The van der Waals surface area contributed by atoms with E-state index in [1.165, 1.54) is 0 Å². The Kier molecular flexibility index (Phi) is 8.59. The number of rotatable bonds is 9. The third-order valence-electron chi connectivity index (χ3n) is 8.17. The molecule has 41 heavy (non-hydrogen) atoms. The number of benzene rings is 2. The van der Waals surface area contributed by atoms with Gasteiger partial charge in [-0.25, -0.2) is 4.68 Å². The average molecular weight is 557 g/mol. The Balaban J connectivity index is 1.25. The van der Waals surface area contributed by atoms with Crippen LogP contribution in [0.5, 0.6) is 0 Å². The van der Waals surface area contributed by atoms with E-state index in [1.807, 2.05) is 42.3 Å². The summed E-state index contributed by atoms with van der Waals surface area (Å²) in [6, 6.07) is 13.7. The summed E-state index contributed by atoms with van der Waals surface area (Å²) in [6.45, 7) is 2.21. The Hall–Kier alpha value is -4.30. The summed E-state index contributed by atoms with van der Waals surface area (Å²) >= 11 is 0. The monoisotopic (exact) mass is 556 g/mol. The Morgan fingerprint density at radius 1 is 1.12 bits per heavy atom. The molecule has 0 saturated carbocycles. The van der Waals surface area contributed by atoms with E-state index in [9.17, 15) is 14.4 Å². The molecule has 0 aliphatic carbocycles. The largest absolute Gasteiger partial charge is 0.350 e. The molecule has 11 nitrogen and oxygen atoms in total. The van der Waals surface area contributed by atoms with Crippen LogP contribution in [0.3, 0.4) is 0 Å². The summed E-state index contributed by atoms with van der Waals surface area (Å²) in [5.74, 6) is -0.458. The number of fused-ring (bicyclic) bond motifs is 1. The molecule has 0 spiro atoms. The van der Waals surface area contributed by atoms with Crippen LogP contribution in [0.15, 0.2) is 42.5 Å². The van der Waals surface area contributed by atoms with E-state index >= 15 is 0 Å². The zero-order valence-electron chi connectivity index (χ0n) is 23.3. The summed E-state index contributed by atoms with van der Waals surface area (Å²) in [7, 11) is 1.82. The minimum absolute atomic E-state index is 0.0280. The minimum Gasteiger partial charge on any atom is -0.350 e. The van der Waals surface area contributed by atoms with Crippen molar-refractivity contribution in [2.24, 2.45) is 18.7 Å². The van der Waals surface area contributed by atoms with Gasteiger partial charge in [-0.3, -0.25) is 14.4 Å². The number of likely N-dealkylation sites (tertiary alicyclic amines) is 2. The molecule has 2 aromatic carbocycles. The van der Waals surface area contributed by atoms with Gasteiger partial charge in [0.25, 0.3) is 0 Å². The van der Waals surface area contributed by atoms with Gasteiger partial charge < -0.3 is 20.9 Å². The number of hydrogen-bond donors (Lipinski definition) is 2. The summed E-state index contributed by atoms with van der Waals surface area (Å²) in [5.41, 5.74) is 10.5. The number of nitrogens with zero attached hydrogens (tertiary/aromatic N) is 6. The van der Waals surface area contributed by atoms with E-state index in [2.05, 4.69) is 21.7 Å². The quantitative estimate of drug-likeness (QED) is 0.407.